The molecule has 86 valence electrons. The van der Waals surface area contributed by atoms with Crippen molar-refractivity contribution in [2.75, 3.05) is 0 Å². The van der Waals surface area contributed by atoms with Gasteiger partial charge in [-0.1, -0.05) is 17.7 Å². The first kappa shape index (κ1) is 11.5. The second kappa shape index (κ2) is 4.87. The van der Waals surface area contributed by atoms with Crippen molar-refractivity contribution in [1.82, 2.24) is 0 Å². The Kier molecular flexibility index (Phi) is 3.28. The maximum absolute atomic E-state index is 13.3. The van der Waals surface area contributed by atoms with Crippen molar-refractivity contribution < 1.29 is 8.78 Å². The third-order valence-electron chi connectivity index (χ3n) is 2.35. The lowest BCUT2D eigenvalue weighted by Gasteiger charge is -1.97. The fourth-order valence-electron chi connectivity index (χ4n) is 1.38. The van der Waals surface area contributed by atoms with Crippen molar-refractivity contribution in [3.63, 3.8) is 0 Å². The van der Waals surface area contributed by atoms with Gasteiger partial charge in [-0.25, -0.2) is 8.78 Å². The SMILES string of the molecule is Cc1ccc(N=Cc2ccc(F)cc2F)cc1. The zero-order chi connectivity index (χ0) is 12.3. The Morgan fingerprint density at radius 3 is 2.35 bits per heavy atom. The maximum Gasteiger partial charge on any atom is 0.134 e. The minimum Gasteiger partial charge on any atom is -0.256 e. The summed E-state index contributed by atoms with van der Waals surface area (Å²) in [4.78, 5) is 4.12. The lowest BCUT2D eigenvalue weighted by atomic mass is 10.2. The van der Waals surface area contributed by atoms with Gasteiger partial charge in [0.2, 0.25) is 0 Å². The molecule has 0 aliphatic carbocycles. The van der Waals surface area contributed by atoms with Gasteiger partial charge in [0, 0.05) is 17.8 Å². The molecule has 1 nitrogen and oxygen atoms in total. The number of rotatable bonds is 2. The number of benzene rings is 2. The Bertz CT molecular complexity index is 545. The van der Waals surface area contributed by atoms with Crippen LogP contribution in [-0.4, -0.2) is 6.21 Å². The average Bonchev–Trinajstić information content (AvgIpc) is 2.30. The van der Waals surface area contributed by atoms with Crippen LogP contribution in [0.2, 0.25) is 0 Å². The predicted octanol–water partition coefficient (Wildman–Crippen LogP) is 4.02. The third kappa shape index (κ3) is 2.97. The molecular weight excluding hydrogens is 220 g/mol. The molecule has 0 N–H and O–H groups in total. The van der Waals surface area contributed by atoms with Gasteiger partial charge in [-0.3, -0.25) is 4.99 Å². The first-order valence-corrected chi connectivity index (χ1v) is 5.21. The van der Waals surface area contributed by atoms with Gasteiger partial charge < -0.3 is 0 Å². The lowest BCUT2D eigenvalue weighted by molar-refractivity contribution is 0.582. The molecule has 0 spiro atoms. The molecule has 0 bridgehead atoms. The Morgan fingerprint density at radius 1 is 1.00 bits per heavy atom. The molecule has 0 heterocycles. The molecule has 0 radical (unpaired) electrons. The van der Waals surface area contributed by atoms with Crippen LogP contribution in [0.15, 0.2) is 47.5 Å². The van der Waals surface area contributed by atoms with E-state index in [4.69, 9.17) is 0 Å². The van der Waals surface area contributed by atoms with Gasteiger partial charge in [-0.15, -0.1) is 0 Å². The molecule has 3 heteroatoms. The summed E-state index contributed by atoms with van der Waals surface area (Å²) < 4.78 is 26.0. The van der Waals surface area contributed by atoms with Gasteiger partial charge in [0.05, 0.1) is 5.69 Å². The Labute approximate surface area is 98.4 Å². The molecule has 0 amide bonds. The standard InChI is InChI=1S/C14H11F2N/c1-10-2-6-13(7-3-10)17-9-11-4-5-12(15)8-14(11)16/h2-9H,1H3. The first-order chi connectivity index (χ1) is 8.15. The molecule has 0 saturated carbocycles. The van der Waals surface area contributed by atoms with Crippen molar-refractivity contribution in [2.45, 2.75) is 6.92 Å². The molecule has 2 rings (SSSR count). The number of hydrogen-bond acceptors (Lipinski definition) is 1. The minimum absolute atomic E-state index is 0.270. The summed E-state index contributed by atoms with van der Waals surface area (Å²) in [5.41, 5.74) is 2.14. The van der Waals surface area contributed by atoms with E-state index in [2.05, 4.69) is 4.99 Å². The second-order valence-corrected chi connectivity index (χ2v) is 3.76. The average molecular weight is 231 g/mol. The monoisotopic (exact) mass is 231 g/mol. The Morgan fingerprint density at radius 2 is 1.71 bits per heavy atom. The minimum atomic E-state index is -0.610. The molecule has 0 aliphatic heterocycles. The van der Waals surface area contributed by atoms with E-state index in [9.17, 15) is 8.78 Å². The van der Waals surface area contributed by atoms with E-state index in [1.165, 1.54) is 18.3 Å². The molecule has 17 heavy (non-hydrogen) atoms. The van der Waals surface area contributed by atoms with Crippen LogP contribution in [0.1, 0.15) is 11.1 Å². The van der Waals surface area contributed by atoms with Gasteiger partial charge in [0.1, 0.15) is 11.6 Å². The summed E-state index contributed by atoms with van der Waals surface area (Å²) in [5, 5.41) is 0. The largest absolute Gasteiger partial charge is 0.256 e. The Hall–Kier alpha value is -2.03. The highest BCUT2D eigenvalue weighted by Crippen LogP contribution is 2.13. The summed E-state index contributed by atoms with van der Waals surface area (Å²) >= 11 is 0. The van der Waals surface area contributed by atoms with Crippen molar-refractivity contribution in [2.24, 2.45) is 4.99 Å². The molecule has 2 aromatic carbocycles. The summed E-state index contributed by atoms with van der Waals surface area (Å²) in [6, 6.07) is 10.9. The van der Waals surface area contributed by atoms with Crippen LogP contribution in [0.3, 0.4) is 0 Å². The van der Waals surface area contributed by atoms with Crippen LogP contribution in [0, 0.1) is 18.6 Å². The predicted molar refractivity (Wildman–Crippen MR) is 64.8 cm³/mol. The van der Waals surface area contributed by atoms with Crippen molar-refractivity contribution in [1.29, 1.82) is 0 Å². The maximum atomic E-state index is 13.3. The summed E-state index contributed by atoms with van der Waals surface area (Å²) in [6.07, 6.45) is 1.39. The van der Waals surface area contributed by atoms with E-state index in [-0.39, 0.29) is 5.56 Å². The van der Waals surface area contributed by atoms with E-state index in [0.717, 1.165) is 17.3 Å². The molecule has 0 atom stereocenters. The summed E-state index contributed by atoms with van der Waals surface area (Å²) in [6.45, 7) is 1.98. The van der Waals surface area contributed by atoms with Crippen LogP contribution in [-0.2, 0) is 0 Å². The molecule has 2 aromatic rings. The fourth-order valence-corrected chi connectivity index (χ4v) is 1.38. The third-order valence-corrected chi connectivity index (χ3v) is 2.35. The topological polar surface area (TPSA) is 12.4 Å². The van der Waals surface area contributed by atoms with Crippen molar-refractivity contribution in [3.8, 4) is 0 Å². The zero-order valence-electron chi connectivity index (χ0n) is 9.32. The van der Waals surface area contributed by atoms with Crippen LogP contribution in [0.5, 0.6) is 0 Å². The van der Waals surface area contributed by atoms with Crippen LogP contribution in [0.4, 0.5) is 14.5 Å². The van der Waals surface area contributed by atoms with Crippen LogP contribution >= 0.6 is 0 Å². The van der Waals surface area contributed by atoms with Gasteiger partial charge in [0.25, 0.3) is 0 Å². The number of nitrogens with zero attached hydrogens (tertiary/aromatic N) is 1. The highest BCUT2D eigenvalue weighted by atomic mass is 19.1. The highest BCUT2D eigenvalue weighted by Gasteiger charge is 2.00. The smallest absolute Gasteiger partial charge is 0.134 e. The fraction of sp³-hybridized carbons (Fsp3) is 0.0714. The molecule has 0 saturated heterocycles. The summed E-state index contributed by atoms with van der Waals surface area (Å²) in [7, 11) is 0. The number of hydrogen-bond donors (Lipinski definition) is 0. The van der Waals surface area contributed by atoms with Gasteiger partial charge in [-0.05, 0) is 31.2 Å². The van der Waals surface area contributed by atoms with E-state index in [1.54, 1.807) is 0 Å². The molecule has 0 aromatic heterocycles. The quantitative estimate of drug-likeness (QED) is 0.692. The summed E-state index contributed by atoms with van der Waals surface area (Å²) in [5.74, 6) is -1.20. The van der Waals surface area contributed by atoms with Gasteiger partial charge >= 0.3 is 0 Å². The number of halogens is 2. The Balaban J connectivity index is 2.23. The first-order valence-electron chi connectivity index (χ1n) is 5.21. The second-order valence-electron chi connectivity index (χ2n) is 3.76. The van der Waals surface area contributed by atoms with E-state index in [1.807, 2.05) is 31.2 Å². The van der Waals surface area contributed by atoms with Crippen LogP contribution < -0.4 is 0 Å². The van der Waals surface area contributed by atoms with Gasteiger partial charge in [0.15, 0.2) is 0 Å². The van der Waals surface area contributed by atoms with E-state index >= 15 is 0 Å². The number of aryl methyl sites for hydroxylation is 1. The van der Waals surface area contributed by atoms with E-state index in [0.29, 0.717) is 0 Å². The van der Waals surface area contributed by atoms with Gasteiger partial charge in [-0.2, -0.15) is 0 Å². The highest BCUT2D eigenvalue weighted by molar-refractivity contribution is 5.82. The molecular formula is C14H11F2N. The number of aliphatic imine (C=N–C) groups is 1. The zero-order valence-corrected chi connectivity index (χ0v) is 9.32. The van der Waals surface area contributed by atoms with Crippen LogP contribution in [0.25, 0.3) is 0 Å². The molecule has 0 unspecified atom stereocenters. The van der Waals surface area contributed by atoms with E-state index < -0.39 is 11.6 Å². The van der Waals surface area contributed by atoms with Crippen molar-refractivity contribution in [3.05, 3.63) is 65.2 Å². The van der Waals surface area contributed by atoms with Crippen molar-refractivity contribution >= 4 is 11.9 Å². The molecule has 0 fully saturated rings. The lowest BCUT2D eigenvalue weighted by Crippen LogP contribution is -1.88. The normalized spacial score (nSPS) is 11.0. The molecule has 0 aliphatic rings.